The third kappa shape index (κ3) is 2.49. The van der Waals surface area contributed by atoms with Crippen LogP contribution in [0.4, 0.5) is 0 Å². The first-order chi connectivity index (χ1) is 10.5. The zero-order chi connectivity index (χ0) is 15.9. The minimum Gasteiger partial charge on any atom is -0.328 e. The molecule has 1 saturated heterocycles. The average molecular weight is 305 g/mol. The summed E-state index contributed by atoms with van der Waals surface area (Å²) in [5.41, 5.74) is 0.493. The van der Waals surface area contributed by atoms with E-state index in [1.165, 1.54) is 4.57 Å². The molecule has 2 aromatic rings. The molecule has 1 aliphatic rings. The number of fused-ring (bicyclic) bond motifs is 1. The van der Waals surface area contributed by atoms with E-state index < -0.39 is 0 Å². The molecule has 1 N–H and O–H groups in total. The lowest BCUT2D eigenvalue weighted by molar-refractivity contribution is 0.448. The molecule has 3 rings (SSSR count). The number of aryl methyl sites for hydroxylation is 1. The summed E-state index contributed by atoms with van der Waals surface area (Å²) < 4.78 is 4.71. The van der Waals surface area contributed by atoms with E-state index in [-0.39, 0.29) is 17.3 Å². The minimum absolute atomic E-state index is 0.198. The third-order valence-electron chi connectivity index (χ3n) is 4.20. The third-order valence-corrected chi connectivity index (χ3v) is 4.20. The Labute approximate surface area is 128 Å². The van der Waals surface area contributed by atoms with Gasteiger partial charge in [0, 0.05) is 26.2 Å². The quantitative estimate of drug-likeness (QED) is 0.882. The van der Waals surface area contributed by atoms with Crippen LogP contribution in [0.15, 0.2) is 15.9 Å². The van der Waals surface area contributed by atoms with Gasteiger partial charge in [-0.15, -0.1) is 0 Å². The first kappa shape index (κ1) is 15.0. The van der Waals surface area contributed by atoms with Crippen LogP contribution >= 0.6 is 0 Å². The molecule has 1 atom stereocenters. The van der Waals surface area contributed by atoms with Crippen LogP contribution in [-0.2, 0) is 20.1 Å². The Morgan fingerprint density at radius 1 is 1.36 bits per heavy atom. The molecule has 1 unspecified atom stereocenters. The summed E-state index contributed by atoms with van der Waals surface area (Å²) >= 11 is 0. The van der Waals surface area contributed by atoms with E-state index in [4.69, 9.17) is 0 Å². The summed E-state index contributed by atoms with van der Waals surface area (Å²) in [4.78, 5) is 29.8. The van der Waals surface area contributed by atoms with E-state index in [0.717, 1.165) is 19.4 Å². The fraction of sp³-hybridized carbons (Fsp3) is 0.667. The molecule has 0 aromatic carbocycles. The van der Waals surface area contributed by atoms with Gasteiger partial charge in [0.15, 0.2) is 11.2 Å². The Bertz CT molecular complexity index is 793. The lowest BCUT2D eigenvalue weighted by atomic mass is 10.2. The van der Waals surface area contributed by atoms with Gasteiger partial charge in [-0.1, -0.05) is 13.8 Å². The highest BCUT2D eigenvalue weighted by molar-refractivity contribution is 5.69. The predicted octanol–water partition coefficient (Wildman–Crippen LogP) is 0.305. The van der Waals surface area contributed by atoms with Crippen LogP contribution in [0.1, 0.15) is 26.7 Å². The fourth-order valence-corrected chi connectivity index (χ4v) is 3.14. The van der Waals surface area contributed by atoms with Crippen molar-refractivity contribution in [3.63, 3.8) is 0 Å². The Morgan fingerprint density at radius 2 is 2.14 bits per heavy atom. The van der Waals surface area contributed by atoms with Crippen LogP contribution in [0, 0.1) is 5.92 Å². The lowest BCUT2D eigenvalue weighted by Crippen LogP contribution is -2.44. The summed E-state index contributed by atoms with van der Waals surface area (Å²) in [6.45, 7) is 6.04. The maximum Gasteiger partial charge on any atom is 0.332 e. The van der Waals surface area contributed by atoms with Gasteiger partial charge in [-0.05, 0) is 25.3 Å². The second kappa shape index (κ2) is 5.72. The molecule has 7 heteroatoms. The van der Waals surface area contributed by atoms with Crippen LogP contribution in [-0.4, -0.2) is 31.3 Å². The summed E-state index contributed by atoms with van der Waals surface area (Å²) in [6.07, 6.45) is 3.69. The number of nitrogens with zero attached hydrogens (tertiary/aromatic N) is 4. The van der Waals surface area contributed by atoms with E-state index >= 15 is 0 Å². The molecule has 0 spiro atoms. The molecular formula is C15H23N5O2. The maximum atomic E-state index is 12.8. The van der Waals surface area contributed by atoms with Gasteiger partial charge in [0.25, 0.3) is 5.56 Å². The predicted molar refractivity (Wildman–Crippen MR) is 85.1 cm³/mol. The molecule has 0 amide bonds. The van der Waals surface area contributed by atoms with E-state index in [9.17, 15) is 9.59 Å². The van der Waals surface area contributed by atoms with Gasteiger partial charge < -0.3 is 9.88 Å². The van der Waals surface area contributed by atoms with Gasteiger partial charge in [-0.2, -0.15) is 0 Å². The second-order valence-electron chi connectivity index (χ2n) is 6.52. The minimum atomic E-state index is -0.251. The molecule has 0 bridgehead atoms. The van der Waals surface area contributed by atoms with Gasteiger partial charge >= 0.3 is 5.69 Å². The first-order valence-corrected chi connectivity index (χ1v) is 7.87. The van der Waals surface area contributed by atoms with E-state index in [1.807, 2.05) is 0 Å². The number of aromatic nitrogens is 4. The molecule has 0 radical (unpaired) electrons. The summed E-state index contributed by atoms with van der Waals surface area (Å²) in [5, 5.41) is 3.35. The van der Waals surface area contributed by atoms with Gasteiger partial charge in [-0.25, -0.2) is 9.78 Å². The highest BCUT2D eigenvalue weighted by Crippen LogP contribution is 2.09. The molecule has 1 fully saturated rings. The molecule has 22 heavy (non-hydrogen) atoms. The average Bonchev–Trinajstić information content (AvgIpc) is 3.09. The molecule has 0 aliphatic carbocycles. The monoisotopic (exact) mass is 305 g/mol. The van der Waals surface area contributed by atoms with E-state index in [0.29, 0.717) is 30.2 Å². The van der Waals surface area contributed by atoms with Crippen LogP contribution < -0.4 is 16.6 Å². The lowest BCUT2D eigenvalue weighted by Gasteiger charge is -2.16. The van der Waals surface area contributed by atoms with Crippen molar-refractivity contribution < 1.29 is 0 Å². The Kier molecular flexibility index (Phi) is 3.90. The Hall–Kier alpha value is -1.89. The van der Waals surface area contributed by atoms with Gasteiger partial charge in [0.05, 0.1) is 6.33 Å². The number of nitrogens with one attached hydrogen (secondary N) is 1. The molecule has 120 valence electrons. The van der Waals surface area contributed by atoms with Crippen LogP contribution in [0.5, 0.6) is 0 Å². The van der Waals surface area contributed by atoms with Crippen LogP contribution in [0.25, 0.3) is 11.2 Å². The van der Waals surface area contributed by atoms with Crippen molar-refractivity contribution in [2.75, 3.05) is 6.54 Å². The van der Waals surface area contributed by atoms with Gasteiger partial charge in [-0.3, -0.25) is 13.9 Å². The van der Waals surface area contributed by atoms with Crippen molar-refractivity contribution in [2.24, 2.45) is 13.0 Å². The number of imidazole rings is 1. The largest absolute Gasteiger partial charge is 0.332 e. The Morgan fingerprint density at radius 3 is 2.77 bits per heavy atom. The maximum absolute atomic E-state index is 12.8. The molecular weight excluding hydrogens is 282 g/mol. The second-order valence-corrected chi connectivity index (χ2v) is 6.52. The molecule has 3 heterocycles. The van der Waals surface area contributed by atoms with Gasteiger partial charge in [0.1, 0.15) is 0 Å². The summed E-state index contributed by atoms with van der Waals surface area (Å²) in [5.74, 6) is 0.304. The molecule has 7 nitrogen and oxygen atoms in total. The van der Waals surface area contributed by atoms with Crippen molar-refractivity contribution in [2.45, 2.75) is 45.8 Å². The SMILES string of the molecule is CC(C)Cn1c(=O)n(CC2CCCN2)c(=O)c2c1ncn2C. The van der Waals surface area contributed by atoms with Crippen molar-refractivity contribution >= 4 is 11.2 Å². The molecule has 2 aromatic heterocycles. The van der Waals surface area contributed by atoms with Crippen molar-refractivity contribution in [3.05, 3.63) is 27.2 Å². The van der Waals surface area contributed by atoms with Crippen molar-refractivity contribution in [3.8, 4) is 0 Å². The highest BCUT2D eigenvalue weighted by Gasteiger charge is 2.21. The first-order valence-electron chi connectivity index (χ1n) is 7.87. The van der Waals surface area contributed by atoms with E-state index in [1.54, 1.807) is 22.5 Å². The summed E-state index contributed by atoms with van der Waals surface area (Å²) in [6, 6.07) is 0.198. The van der Waals surface area contributed by atoms with Crippen LogP contribution in [0.3, 0.4) is 0 Å². The Balaban J connectivity index is 2.19. The van der Waals surface area contributed by atoms with Crippen molar-refractivity contribution in [1.82, 2.24) is 24.0 Å². The van der Waals surface area contributed by atoms with Gasteiger partial charge in [0.2, 0.25) is 0 Å². The zero-order valence-electron chi connectivity index (χ0n) is 13.4. The summed E-state index contributed by atoms with van der Waals surface area (Å²) in [7, 11) is 1.79. The van der Waals surface area contributed by atoms with Crippen molar-refractivity contribution in [1.29, 1.82) is 0 Å². The topological polar surface area (TPSA) is 73.8 Å². The molecule has 1 aliphatic heterocycles. The number of hydrogen-bond donors (Lipinski definition) is 1. The highest BCUT2D eigenvalue weighted by atomic mass is 16.2. The zero-order valence-corrected chi connectivity index (χ0v) is 13.4. The van der Waals surface area contributed by atoms with Crippen LogP contribution in [0.2, 0.25) is 0 Å². The fourth-order valence-electron chi connectivity index (χ4n) is 3.14. The normalized spacial score (nSPS) is 18.6. The molecule has 0 saturated carbocycles. The number of rotatable bonds is 4. The van der Waals surface area contributed by atoms with E-state index in [2.05, 4.69) is 24.1 Å². The number of hydrogen-bond acceptors (Lipinski definition) is 4. The smallest absolute Gasteiger partial charge is 0.328 e. The standard InChI is InChI=1S/C15H23N5O2/c1-10(2)7-19-13-12(18(3)9-17-13)14(21)20(15(19)22)8-11-5-4-6-16-11/h9-11,16H,4-8H2,1-3H3.